The third-order valence-electron chi connectivity index (χ3n) is 4.05. The van der Waals surface area contributed by atoms with Crippen LogP contribution in [0.15, 0.2) is 53.1 Å². The van der Waals surface area contributed by atoms with Crippen LogP contribution in [-0.2, 0) is 4.74 Å². The molecule has 0 saturated carbocycles. The second-order valence-corrected chi connectivity index (χ2v) is 6.82. The Morgan fingerprint density at radius 2 is 1.89 bits per heavy atom. The number of halogens is 2. The van der Waals surface area contributed by atoms with Crippen molar-refractivity contribution < 1.29 is 18.7 Å². The summed E-state index contributed by atoms with van der Waals surface area (Å²) in [6.07, 6.45) is 1.46. The Balaban J connectivity index is 1.78. The lowest BCUT2D eigenvalue weighted by atomic mass is 10.2. The van der Waals surface area contributed by atoms with Crippen LogP contribution in [0.5, 0.6) is 0 Å². The van der Waals surface area contributed by atoms with Crippen LogP contribution in [0.25, 0.3) is 5.69 Å². The molecule has 0 aliphatic heterocycles. The SMILES string of the molecule is CCOC(=O)c1cnn(-c2ccc(NC(=O)c3cc(Br)ccc3F)cc2)c1C. The number of carbonyl (C=O) groups is 2. The van der Waals surface area contributed by atoms with Crippen molar-refractivity contribution in [2.75, 3.05) is 11.9 Å². The number of nitrogens with zero attached hydrogens (tertiary/aromatic N) is 2. The lowest BCUT2D eigenvalue weighted by molar-refractivity contribution is 0.0525. The van der Waals surface area contributed by atoms with Crippen LogP contribution < -0.4 is 5.32 Å². The normalized spacial score (nSPS) is 10.6. The lowest BCUT2D eigenvalue weighted by Crippen LogP contribution is -2.14. The zero-order valence-electron chi connectivity index (χ0n) is 15.2. The van der Waals surface area contributed by atoms with E-state index in [4.69, 9.17) is 4.74 Å². The predicted octanol–water partition coefficient (Wildman–Crippen LogP) is 4.51. The monoisotopic (exact) mass is 445 g/mol. The largest absolute Gasteiger partial charge is 0.462 e. The van der Waals surface area contributed by atoms with Crippen molar-refractivity contribution in [3.8, 4) is 5.69 Å². The molecule has 0 spiro atoms. The number of aromatic nitrogens is 2. The zero-order valence-corrected chi connectivity index (χ0v) is 16.8. The molecule has 0 atom stereocenters. The second-order valence-electron chi connectivity index (χ2n) is 5.90. The molecule has 144 valence electrons. The van der Waals surface area contributed by atoms with Gasteiger partial charge >= 0.3 is 5.97 Å². The Labute approximate surface area is 169 Å². The summed E-state index contributed by atoms with van der Waals surface area (Å²) < 4.78 is 21.1. The molecule has 0 saturated heterocycles. The maximum Gasteiger partial charge on any atom is 0.341 e. The molecular weight excluding hydrogens is 429 g/mol. The minimum atomic E-state index is -0.601. The van der Waals surface area contributed by atoms with E-state index in [1.165, 1.54) is 24.4 Å². The maximum absolute atomic E-state index is 13.8. The molecule has 28 heavy (non-hydrogen) atoms. The van der Waals surface area contributed by atoms with Gasteiger partial charge in [-0.25, -0.2) is 13.9 Å². The van der Waals surface area contributed by atoms with E-state index in [0.29, 0.717) is 27.1 Å². The van der Waals surface area contributed by atoms with Crippen LogP contribution in [-0.4, -0.2) is 28.3 Å². The molecule has 0 aliphatic rings. The Morgan fingerprint density at radius 1 is 1.18 bits per heavy atom. The van der Waals surface area contributed by atoms with Crippen LogP contribution in [0.1, 0.15) is 33.3 Å². The van der Waals surface area contributed by atoms with Crippen LogP contribution >= 0.6 is 15.9 Å². The van der Waals surface area contributed by atoms with Crippen molar-refractivity contribution in [3.63, 3.8) is 0 Å². The number of benzene rings is 2. The summed E-state index contributed by atoms with van der Waals surface area (Å²) in [4.78, 5) is 24.2. The molecule has 2 aromatic carbocycles. The molecule has 1 amide bonds. The van der Waals surface area contributed by atoms with Gasteiger partial charge in [0.05, 0.1) is 29.7 Å². The van der Waals surface area contributed by atoms with Gasteiger partial charge < -0.3 is 10.1 Å². The molecule has 1 aromatic heterocycles. The van der Waals surface area contributed by atoms with E-state index in [-0.39, 0.29) is 12.2 Å². The summed E-state index contributed by atoms with van der Waals surface area (Å²) >= 11 is 3.22. The average Bonchev–Trinajstić information content (AvgIpc) is 3.06. The summed E-state index contributed by atoms with van der Waals surface area (Å²) in [6, 6.07) is 11.0. The van der Waals surface area contributed by atoms with Crippen molar-refractivity contribution >= 4 is 33.5 Å². The molecule has 0 fully saturated rings. The average molecular weight is 446 g/mol. The van der Waals surface area contributed by atoms with Gasteiger partial charge in [0, 0.05) is 10.2 Å². The quantitative estimate of drug-likeness (QED) is 0.586. The van der Waals surface area contributed by atoms with Gasteiger partial charge in [-0.2, -0.15) is 5.10 Å². The number of hydrogen-bond donors (Lipinski definition) is 1. The van der Waals surface area contributed by atoms with Crippen molar-refractivity contribution in [3.05, 3.63) is 75.8 Å². The fraction of sp³-hybridized carbons (Fsp3) is 0.150. The van der Waals surface area contributed by atoms with E-state index in [0.717, 1.165) is 0 Å². The van der Waals surface area contributed by atoms with Gasteiger partial charge in [-0.1, -0.05) is 15.9 Å². The van der Waals surface area contributed by atoms with Crippen LogP contribution in [0.4, 0.5) is 10.1 Å². The minimum Gasteiger partial charge on any atom is -0.462 e. The summed E-state index contributed by atoms with van der Waals surface area (Å²) in [5.74, 6) is -1.58. The number of amides is 1. The molecule has 0 unspecified atom stereocenters. The van der Waals surface area contributed by atoms with Crippen molar-refractivity contribution in [1.29, 1.82) is 0 Å². The molecule has 8 heteroatoms. The van der Waals surface area contributed by atoms with E-state index in [1.54, 1.807) is 42.8 Å². The van der Waals surface area contributed by atoms with Gasteiger partial charge in [-0.15, -0.1) is 0 Å². The molecule has 3 rings (SSSR count). The number of esters is 1. The van der Waals surface area contributed by atoms with Gasteiger partial charge in [0.2, 0.25) is 0 Å². The highest BCUT2D eigenvalue weighted by Gasteiger charge is 2.16. The maximum atomic E-state index is 13.8. The summed E-state index contributed by atoms with van der Waals surface area (Å²) in [7, 11) is 0. The number of rotatable bonds is 5. The lowest BCUT2D eigenvalue weighted by Gasteiger charge is -2.09. The molecule has 6 nitrogen and oxygen atoms in total. The smallest absolute Gasteiger partial charge is 0.341 e. The highest BCUT2D eigenvalue weighted by Crippen LogP contribution is 2.20. The van der Waals surface area contributed by atoms with E-state index in [9.17, 15) is 14.0 Å². The highest BCUT2D eigenvalue weighted by atomic mass is 79.9. The molecule has 0 bridgehead atoms. The second kappa shape index (κ2) is 8.35. The van der Waals surface area contributed by atoms with Gasteiger partial charge in [0.1, 0.15) is 11.4 Å². The number of nitrogens with one attached hydrogen (secondary N) is 1. The Morgan fingerprint density at radius 3 is 2.57 bits per heavy atom. The zero-order chi connectivity index (χ0) is 20.3. The van der Waals surface area contributed by atoms with Gasteiger partial charge in [-0.3, -0.25) is 4.79 Å². The summed E-state index contributed by atoms with van der Waals surface area (Å²) in [6.45, 7) is 3.80. The van der Waals surface area contributed by atoms with E-state index in [1.807, 2.05) is 0 Å². The van der Waals surface area contributed by atoms with E-state index in [2.05, 4.69) is 26.3 Å². The van der Waals surface area contributed by atoms with Crippen molar-refractivity contribution in [2.45, 2.75) is 13.8 Å². The van der Waals surface area contributed by atoms with Crippen molar-refractivity contribution in [1.82, 2.24) is 9.78 Å². The van der Waals surface area contributed by atoms with Gasteiger partial charge in [0.25, 0.3) is 5.91 Å². The highest BCUT2D eigenvalue weighted by molar-refractivity contribution is 9.10. The first-order valence-electron chi connectivity index (χ1n) is 8.49. The molecule has 1 heterocycles. The van der Waals surface area contributed by atoms with Gasteiger partial charge in [0.15, 0.2) is 0 Å². The molecule has 3 aromatic rings. The Bertz CT molecular complexity index is 1030. The molecular formula is C20H17BrFN3O3. The van der Waals surface area contributed by atoms with Crippen LogP contribution in [0.2, 0.25) is 0 Å². The van der Waals surface area contributed by atoms with E-state index < -0.39 is 17.7 Å². The first-order chi connectivity index (χ1) is 13.4. The van der Waals surface area contributed by atoms with E-state index >= 15 is 0 Å². The van der Waals surface area contributed by atoms with Gasteiger partial charge in [-0.05, 0) is 56.3 Å². The first-order valence-corrected chi connectivity index (χ1v) is 9.28. The third-order valence-corrected chi connectivity index (χ3v) is 4.54. The predicted molar refractivity (Wildman–Crippen MR) is 106 cm³/mol. The minimum absolute atomic E-state index is 0.0551. The fourth-order valence-corrected chi connectivity index (χ4v) is 3.00. The third kappa shape index (κ3) is 4.12. The Hall–Kier alpha value is -3.00. The standard InChI is InChI=1S/C20H17BrFN3O3/c1-3-28-20(27)17-11-23-25(12(17)2)15-7-5-14(6-8-15)24-19(26)16-10-13(21)4-9-18(16)22/h4-11H,3H2,1-2H3,(H,24,26). The number of ether oxygens (including phenoxy) is 1. The van der Waals surface area contributed by atoms with Crippen molar-refractivity contribution in [2.24, 2.45) is 0 Å². The molecule has 0 aliphatic carbocycles. The Kier molecular flexibility index (Phi) is 5.89. The van der Waals surface area contributed by atoms with Crippen LogP contribution in [0, 0.1) is 12.7 Å². The number of hydrogen-bond acceptors (Lipinski definition) is 4. The summed E-state index contributed by atoms with van der Waals surface area (Å²) in [5.41, 5.74) is 2.19. The number of anilines is 1. The first kappa shape index (κ1) is 19.8. The molecule has 0 radical (unpaired) electrons. The summed E-state index contributed by atoms with van der Waals surface area (Å²) in [5, 5.41) is 6.88. The number of carbonyl (C=O) groups excluding carboxylic acids is 2. The molecule has 1 N–H and O–H groups in total. The fourth-order valence-electron chi connectivity index (χ4n) is 2.64. The topological polar surface area (TPSA) is 73.2 Å². The van der Waals surface area contributed by atoms with Crippen LogP contribution in [0.3, 0.4) is 0 Å².